The molecule has 0 saturated carbocycles. The van der Waals surface area contributed by atoms with Crippen molar-refractivity contribution in [1.82, 2.24) is 20.2 Å². The first-order valence-electron chi connectivity index (χ1n) is 7.60. The summed E-state index contributed by atoms with van der Waals surface area (Å²) in [7, 11) is 1.87. The molecule has 0 saturated heterocycles. The number of carbonyl (C=O) groups excluding carboxylic acids is 2. The Balaban J connectivity index is 1.83. The number of hydroxylamine groups is 1. The maximum Gasteiger partial charge on any atom is 0.267 e. The molecule has 3 rings (SSSR count). The van der Waals surface area contributed by atoms with Gasteiger partial charge in [0.05, 0.1) is 5.69 Å². The lowest BCUT2D eigenvalue weighted by Crippen LogP contribution is -2.36. The molecule has 0 aliphatic carbocycles. The van der Waals surface area contributed by atoms with Gasteiger partial charge >= 0.3 is 0 Å². The molecule has 7 nitrogen and oxygen atoms in total. The number of benzene rings is 1. The summed E-state index contributed by atoms with van der Waals surface area (Å²) < 4.78 is 1.77. The molecule has 0 unspecified atom stereocenters. The lowest BCUT2D eigenvalue weighted by molar-refractivity contribution is -0.124. The molecule has 0 bridgehead atoms. The van der Waals surface area contributed by atoms with E-state index in [1.807, 2.05) is 13.2 Å². The maximum atomic E-state index is 12.9. The van der Waals surface area contributed by atoms with Gasteiger partial charge in [0.15, 0.2) is 0 Å². The first kappa shape index (κ1) is 15.9. The van der Waals surface area contributed by atoms with Crippen LogP contribution in [0.15, 0.2) is 36.5 Å². The number of aryl methyl sites for hydroxylation is 1. The van der Waals surface area contributed by atoms with E-state index in [0.29, 0.717) is 24.2 Å². The number of nitrogens with one attached hydrogen (secondary N) is 1. The fourth-order valence-electron chi connectivity index (χ4n) is 2.84. The van der Waals surface area contributed by atoms with Crippen molar-refractivity contribution in [2.45, 2.75) is 13.0 Å². The quantitative estimate of drug-likeness (QED) is 0.503. The van der Waals surface area contributed by atoms with Crippen LogP contribution < -0.4 is 5.48 Å². The van der Waals surface area contributed by atoms with Crippen molar-refractivity contribution in [3.05, 3.63) is 58.9 Å². The van der Waals surface area contributed by atoms with E-state index < -0.39 is 5.91 Å². The van der Waals surface area contributed by atoms with Gasteiger partial charge in [-0.05, 0) is 17.7 Å². The molecule has 0 fully saturated rings. The van der Waals surface area contributed by atoms with E-state index in [0.717, 1.165) is 17.7 Å². The Labute approximate surface area is 139 Å². The summed E-state index contributed by atoms with van der Waals surface area (Å²) in [5, 5.41) is 12.9. The summed E-state index contributed by atoms with van der Waals surface area (Å²) in [4.78, 5) is 25.8. The topological polar surface area (TPSA) is 87.5 Å². The van der Waals surface area contributed by atoms with Gasteiger partial charge in [-0.1, -0.05) is 18.2 Å². The fraction of sp³-hybridized carbons (Fsp3) is 0.235. The summed E-state index contributed by atoms with van der Waals surface area (Å²) in [6.07, 6.45) is 5.36. The van der Waals surface area contributed by atoms with Crippen LogP contribution in [0.5, 0.6) is 0 Å². The van der Waals surface area contributed by atoms with Crippen molar-refractivity contribution in [3.63, 3.8) is 0 Å². The van der Waals surface area contributed by atoms with Crippen LogP contribution in [0.1, 0.15) is 27.2 Å². The van der Waals surface area contributed by atoms with E-state index in [1.165, 1.54) is 17.6 Å². The van der Waals surface area contributed by atoms with Gasteiger partial charge in [-0.25, -0.2) is 5.48 Å². The minimum atomic E-state index is -0.643. The first-order valence-corrected chi connectivity index (χ1v) is 7.60. The molecule has 2 heterocycles. The highest BCUT2D eigenvalue weighted by Crippen LogP contribution is 2.21. The zero-order valence-electron chi connectivity index (χ0n) is 13.3. The SMILES string of the molecule is Cn1cc2c(n1)CCN(C(=O)c1ccccc1/C=C/C(=O)NO)C2. The molecular formula is C17H18N4O3. The highest BCUT2D eigenvalue weighted by molar-refractivity contribution is 5.99. The second kappa shape index (κ2) is 6.67. The third-order valence-electron chi connectivity index (χ3n) is 3.97. The predicted molar refractivity (Wildman–Crippen MR) is 87.1 cm³/mol. The second-order valence-electron chi connectivity index (χ2n) is 5.65. The van der Waals surface area contributed by atoms with Crippen LogP contribution in [0.3, 0.4) is 0 Å². The molecule has 1 aromatic heterocycles. The third-order valence-corrected chi connectivity index (χ3v) is 3.97. The molecule has 1 aromatic carbocycles. The van der Waals surface area contributed by atoms with Gasteiger partial charge in [0.25, 0.3) is 11.8 Å². The standard InChI is InChI=1S/C17H18N4O3/c1-20-10-13-11-21(9-8-15(13)18-20)17(23)14-5-3-2-4-12(14)6-7-16(22)19-24/h2-7,10,24H,8-9,11H2,1H3,(H,19,22)/b7-6+. The Morgan fingerprint density at radius 1 is 1.33 bits per heavy atom. The molecule has 1 aliphatic heterocycles. The zero-order chi connectivity index (χ0) is 17.1. The molecule has 7 heteroatoms. The molecule has 124 valence electrons. The number of aromatic nitrogens is 2. The number of rotatable bonds is 3. The lowest BCUT2D eigenvalue weighted by Gasteiger charge is -2.26. The van der Waals surface area contributed by atoms with E-state index in [2.05, 4.69) is 5.10 Å². The molecule has 0 atom stereocenters. The molecule has 2 N–H and O–H groups in total. The number of nitrogens with zero attached hydrogens (tertiary/aromatic N) is 3. The number of fused-ring (bicyclic) bond motifs is 1. The summed E-state index contributed by atoms with van der Waals surface area (Å²) in [6.45, 7) is 1.13. The van der Waals surface area contributed by atoms with Crippen molar-refractivity contribution in [2.24, 2.45) is 7.05 Å². The molecule has 2 amide bonds. The average molecular weight is 326 g/mol. The third kappa shape index (κ3) is 3.21. The average Bonchev–Trinajstić information content (AvgIpc) is 2.98. The van der Waals surface area contributed by atoms with Gasteiger partial charge < -0.3 is 4.90 Å². The van der Waals surface area contributed by atoms with Crippen molar-refractivity contribution in [3.8, 4) is 0 Å². The van der Waals surface area contributed by atoms with Gasteiger partial charge in [-0.2, -0.15) is 5.10 Å². The van der Waals surface area contributed by atoms with Gasteiger partial charge in [0.2, 0.25) is 0 Å². The van der Waals surface area contributed by atoms with Crippen LogP contribution in [0.25, 0.3) is 6.08 Å². The normalized spacial score (nSPS) is 13.8. The lowest BCUT2D eigenvalue weighted by atomic mass is 10.0. The summed E-state index contributed by atoms with van der Waals surface area (Å²) in [6, 6.07) is 7.07. The van der Waals surface area contributed by atoms with Crippen molar-refractivity contribution in [2.75, 3.05) is 6.54 Å². The predicted octanol–water partition coefficient (Wildman–Crippen LogP) is 1.14. The summed E-state index contributed by atoms with van der Waals surface area (Å²) >= 11 is 0. The number of hydrogen-bond acceptors (Lipinski definition) is 4. The molecule has 0 spiro atoms. The molecule has 0 radical (unpaired) electrons. The Bertz CT molecular complexity index is 810. The highest BCUT2D eigenvalue weighted by Gasteiger charge is 2.24. The Hall–Kier alpha value is -2.93. The van der Waals surface area contributed by atoms with Gasteiger partial charge in [0.1, 0.15) is 0 Å². The Morgan fingerprint density at radius 3 is 2.92 bits per heavy atom. The largest absolute Gasteiger partial charge is 0.334 e. The van der Waals surface area contributed by atoms with Crippen LogP contribution in [0.2, 0.25) is 0 Å². The van der Waals surface area contributed by atoms with E-state index in [-0.39, 0.29) is 5.91 Å². The van der Waals surface area contributed by atoms with Crippen molar-refractivity contribution < 1.29 is 14.8 Å². The van der Waals surface area contributed by atoms with Crippen molar-refractivity contribution in [1.29, 1.82) is 0 Å². The van der Waals surface area contributed by atoms with E-state index >= 15 is 0 Å². The second-order valence-corrected chi connectivity index (χ2v) is 5.65. The van der Waals surface area contributed by atoms with Crippen LogP contribution >= 0.6 is 0 Å². The summed E-state index contributed by atoms with van der Waals surface area (Å²) in [5.41, 5.74) is 4.77. The number of amides is 2. The smallest absolute Gasteiger partial charge is 0.267 e. The Kier molecular flexibility index (Phi) is 4.43. The molecule has 2 aromatic rings. The summed E-state index contributed by atoms with van der Waals surface area (Å²) in [5.74, 6) is -0.732. The first-order chi connectivity index (χ1) is 11.6. The van der Waals surface area contributed by atoms with E-state index in [9.17, 15) is 9.59 Å². The van der Waals surface area contributed by atoms with Crippen molar-refractivity contribution >= 4 is 17.9 Å². The Morgan fingerprint density at radius 2 is 2.12 bits per heavy atom. The minimum Gasteiger partial charge on any atom is -0.334 e. The van der Waals surface area contributed by atoms with Crippen LogP contribution in [0, 0.1) is 0 Å². The van der Waals surface area contributed by atoms with Crippen LogP contribution in [0.4, 0.5) is 0 Å². The van der Waals surface area contributed by atoms with Gasteiger partial charge in [-0.15, -0.1) is 0 Å². The van der Waals surface area contributed by atoms with Gasteiger partial charge in [-0.3, -0.25) is 19.5 Å². The zero-order valence-corrected chi connectivity index (χ0v) is 13.3. The van der Waals surface area contributed by atoms with Crippen LogP contribution in [-0.2, 0) is 24.8 Å². The molecular weight excluding hydrogens is 308 g/mol. The molecule has 24 heavy (non-hydrogen) atoms. The van der Waals surface area contributed by atoms with E-state index in [4.69, 9.17) is 5.21 Å². The van der Waals surface area contributed by atoms with E-state index in [1.54, 1.807) is 33.8 Å². The maximum absolute atomic E-state index is 12.9. The highest BCUT2D eigenvalue weighted by atomic mass is 16.5. The van der Waals surface area contributed by atoms with Crippen LogP contribution in [-0.4, -0.2) is 38.2 Å². The van der Waals surface area contributed by atoms with Gasteiger partial charge in [0, 0.05) is 50.0 Å². The number of hydrogen-bond donors (Lipinski definition) is 2. The monoisotopic (exact) mass is 326 g/mol. The number of carbonyl (C=O) groups is 2. The molecule has 1 aliphatic rings. The fourth-order valence-corrected chi connectivity index (χ4v) is 2.84. The minimum absolute atomic E-state index is 0.0887.